The summed E-state index contributed by atoms with van der Waals surface area (Å²) in [6.45, 7) is 20.0. The van der Waals surface area contributed by atoms with E-state index in [0.29, 0.717) is 11.3 Å². The van der Waals surface area contributed by atoms with E-state index in [9.17, 15) is 19.2 Å². The fourth-order valence-electron chi connectivity index (χ4n) is 1.55. The van der Waals surface area contributed by atoms with Crippen LogP contribution in [0.25, 0.3) is 0 Å². The molecule has 0 aliphatic carbocycles. The zero-order valence-corrected chi connectivity index (χ0v) is 23.0. The molecule has 0 aliphatic heterocycles. The summed E-state index contributed by atoms with van der Waals surface area (Å²) in [5, 5.41) is 8.88. The molecule has 0 fully saturated rings. The molecule has 9 heteroatoms. The monoisotopic (exact) mass is 489 g/mol. The zero-order chi connectivity index (χ0) is 27.8. The molecule has 0 aliphatic rings. The molecule has 1 atom stereocenters. The fraction of sp³-hybridized carbons (Fsp3) is 0.680. The SMILES string of the molecule is C/C(O)=C(/C)C(=O)OC(C)C.CC(=O)C(C)C(=O)OC(C)C.CO/C(C)=C(\C)C(=O)OC(C)C.[H+]. The number of allylic oxidation sites excluding steroid dienone is 2. The molecule has 0 radical (unpaired) electrons. The van der Waals surface area contributed by atoms with E-state index >= 15 is 0 Å². The summed E-state index contributed by atoms with van der Waals surface area (Å²) in [7, 11) is 1.53. The van der Waals surface area contributed by atoms with Crippen LogP contribution >= 0.6 is 0 Å². The van der Waals surface area contributed by atoms with Gasteiger partial charge in [-0.15, -0.1) is 0 Å². The van der Waals surface area contributed by atoms with Crippen molar-refractivity contribution in [1.82, 2.24) is 0 Å². The normalized spacial score (nSPS) is 12.7. The van der Waals surface area contributed by atoms with Crippen LogP contribution in [0.1, 0.15) is 84.5 Å². The molecule has 0 saturated carbocycles. The van der Waals surface area contributed by atoms with E-state index in [1.165, 1.54) is 27.9 Å². The average Bonchev–Trinajstić information content (AvgIpc) is 2.70. The summed E-state index contributed by atoms with van der Waals surface area (Å²) in [5.74, 6) is -1.39. The van der Waals surface area contributed by atoms with E-state index < -0.39 is 17.9 Å². The van der Waals surface area contributed by atoms with E-state index in [0.717, 1.165) is 0 Å². The molecule has 0 aromatic carbocycles. The number of Topliss-reactive ketones (excluding diaryl/α,β-unsaturated/α-hetero) is 1. The molecule has 9 nitrogen and oxygen atoms in total. The van der Waals surface area contributed by atoms with E-state index in [4.69, 9.17) is 24.1 Å². The van der Waals surface area contributed by atoms with E-state index in [-0.39, 0.29) is 42.8 Å². The van der Waals surface area contributed by atoms with Crippen molar-refractivity contribution < 1.29 is 44.7 Å². The molecule has 1 N–H and O–H groups in total. The molecule has 0 spiro atoms. The van der Waals surface area contributed by atoms with Gasteiger partial charge in [0.2, 0.25) is 0 Å². The Morgan fingerprint density at radius 3 is 1.26 bits per heavy atom. The first-order valence-electron chi connectivity index (χ1n) is 11.1. The lowest BCUT2D eigenvalue weighted by atomic mass is 10.1. The minimum atomic E-state index is -0.627. The number of methoxy groups -OCH3 is 1. The number of hydrogen-bond acceptors (Lipinski definition) is 9. The number of carbonyl (C=O) groups excluding carboxylic acids is 4. The molecule has 0 bridgehead atoms. The highest BCUT2D eigenvalue weighted by atomic mass is 16.6. The van der Waals surface area contributed by atoms with Gasteiger partial charge in [0.1, 0.15) is 17.5 Å². The molecule has 0 heterocycles. The molecular formula is C25H45O9+. The first-order chi connectivity index (χ1) is 15.4. The van der Waals surface area contributed by atoms with Gasteiger partial charge in [0.05, 0.1) is 42.3 Å². The number of ether oxygens (including phenoxy) is 4. The van der Waals surface area contributed by atoms with E-state index in [1.807, 2.05) is 13.8 Å². The van der Waals surface area contributed by atoms with Gasteiger partial charge in [0, 0.05) is 0 Å². The molecule has 0 aromatic rings. The highest BCUT2D eigenvalue weighted by Crippen LogP contribution is 2.07. The van der Waals surface area contributed by atoms with Crippen molar-refractivity contribution in [3.63, 3.8) is 0 Å². The Morgan fingerprint density at radius 2 is 1.00 bits per heavy atom. The second-order valence-corrected chi connectivity index (χ2v) is 8.32. The lowest BCUT2D eigenvalue weighted by molar-refractivity contribution is -0.154. The van der Waals surface area contributed by atoms with Crippen molar-refractivity contribution in [3.05, 3.63) is 22.7 Å². The lowest BCUT2D eigenvalue weighted by Crippen LogP contribution is -2.23. The number of ketones is 1. The second-order valence-electron chi connectivity index (χ2n) is 8.32. The standard InChI is InChI=1S/C9H16O3.2C8H14O3/c1-6(2)12-9(10)7(3)8(4)11-5;2*1-5(2)11-8(10)6(3)7(4)9/h6H,1-5H3;5,9H,1-4H3;5-6H,1-4H3/p+1/b8-7+;7-6+;. The molecule has 1 unspecified atom stereocenters. The highest BCUT2D eigenvalue weighted by molar-refractivity contribution is 5.97. The largest absolute Gasteiger partial charge is 1.00 e. The molecule has 0 rings (SSSR count). The van der Waals surface area contributed by atoms with Gasteiger partial charge < -0.3 is 24.1 Å². The van der Waals surface area contributed by atoms with Crippen LogP contribution in [0.4, 0.5) is 0 Å². The predicted molar refractivity (Wildman–Crippen MR) is 131 cm³/mol. The summed E-state index contributed by atoms with van der Waals surface area (Å²) in [6, 6.07) is 0. The van der Waals surface area contributed by atoms with Crippen LogP contribution in [0.2, 0.25) is 0 Å². The summed E-state index contributed by atoms with van der Waals surface area (Å²) in [4.78, 5) is 43.8. The lowest BCUT2D eigenvalue weighted by Gasteiger charge is -2.10. The van der Waals surface area contributed by atoms with Crippen LogP contribution in [0.5, 0.6) is 0 Å². The third-order valence-corrected chi connectivity index (χ3v) is 3.99. The Morgan fingerprint density at radius 1 is 0.647 bits per heavy atom. The van der Waals surface area contributed by atoms with E-state index in [1.54, 1.807) is 48.5 Å². The number of carbonyl (C=O) groups is 4. The Bertz CT molecular complexity index is 731. The van der Waals surface area contributed by atoms with Gasteiger partial charge in [0.25, 0.3) is 0 Å². The van der Waals surface area contributed by atoms with Crippen molar-refractivity contribution in [2.24, 2.45) is 5.92 Å². The first kappa shape index (κ1) is 35.7. The third kappa shape index (κ3) is 18.7. The van der Waals surface area contributed by atoms with Crippen LogP contribution in [0.15, 0.2) is 22.7 Å². The Hall–Kier alpha value is -2.84. The summed E-state index contributed by atoms with van der Waals surface area (Å²) >= 11 is 0. The van der Waals surface area contributed by atoms with Gasteiger partial charge in [-0.1, -0.05) is 0 Å². The van der Waals surface area contributed by atoms with Crippen molar-refractivity contribution in [1.29, 1.82) is 0 Å². The maximum absolute atomic E-state index is 11.2. The minimum Gasteiger partial charge on any atom is -0.512 e. The number of aliphatic hydroxyl groups excluding tert-OH is 1. The maximum Gasteiger partial charge on any atom is 1.00 e. The van der Waals surface area contributed by atoms with Gasteiger partial charge in [0.15, 0.2) is 0 Å². The summed E-state index contributed by atoms with van der Waals surface area (Å²) in [5.41, 5.74) is 0.782. The van der Waals surface area contributed by atoms with Crippen LogP contribution in [0, 0.1) is 5.92 Å². The molecule has 198 valence electrons. The van der Waals surface area contributed by atoms with Crippen LogP contribution < -0.4 is 0 Å². The molecule has 0 saturated heterocycles. The average molecular weight is 490 g/mol. The minimum absolute atomic E-state index is 0. The number of aliphatic hydroxyl groups is 1. The molecular weight excluding hydrogens is 444 g/mol. The van der Waals surface area contributed by atoms with Crippen molar-refractivity contribution >= 4 is 23.7 Å². The van der Waals surface area contributed by atoms with Crippen molar-refractivity contribution in [2.75, 3.05) is 7.11 Å². The molecule has 0 amide bonds. The smallest absolute Gasteiger partial charge is 0.512 e. The second kappa shape index (κ2) is 18.6. The third-order valence-electron chi connectivity index (χ3n) is 3.99. The van der Waals surface area contributed by atoms with Gasteiger partial charge in [-0.25, -0.2) is 9.59 Å². The van der Waals surface area contributed by atoms with E-state index in [2.05, 4.69) is 0 Å². The quantitative estimate of drug-likeness (QED) is 0.166. The van der Waals surface area contributed by atoms with Crippen molar-refractivity contribution in [2.45, 2.75) is 101 Å². The first-order valence-corrected chi connectivity index (χ1v) is 11.1. The number of esters is 3. The van der Waals surface area contributed by atoms with Crippen molar-refractivity contribution in [3.8, 4) is 0 Å². The number of rotatable bonds is 8. The van der Waals surface area contributed by atoms with Crippen LogP contribution in [-0.2, 0) is 38.1 Å². The molecule has 34 heavy (non-hydrogen) atoms. The van der Waals surface area contributed by atoms with Gasteiger partial charge in [-0.05, 0) is 83.1 Å². The van der Waals surface area contributed by atoms with Crippen LogP contribution in [-0.4, -0.2) is 54.2 Å². The molecule has 0 aromatic heterocycles. The van der Waals surface area contributed by atoms with Gasteiger partial charge >= 0.3 is 19.3 Å². The highest BCUT2D eigenvalue weighted by Gasteiger charge is 2.19. The number of hydrogen-bond donors (Lipinski definition) is 1. The van der Waals surface area contributed by atoms with Gasteiger partial charge in [-0.3, -0.25) is 9.59 Å². The zero-order valence-electron chi connectivity index (χ0n) is 24.0. The summed E-state index contributed by atoms with van der Waals surface area (Å²) in [6.07, 6.45) is -0.377. The Labute approximate surface area is 206 Å². The fourth-order valence-corrected chi connectivity index (χ4v) is 1.55. The van der Waals surface area contributed by atoms with Gasteiger partial charge in [-0.2, -0.15) is 0 Å². The maximum atomic E-state index is 11.2. The predicted octanol–water partition coefficient (Wildman–Crippen LogP) is 4.94. The summed E-state index contributed by atoms with van der Waals surface area (Å²) < 4.78 is 19.5. The Balaban J connectivity index is -0.000000203. The Kier molecular flexibility index (Phi) is 19.5. The topological polar surface area (TPSA) is 125 Å². The van der Waals surface area contributed by atoms with Crippen LogP contribution in [0.3, 0.4) is 0 Å².